The molecule has 0 N–H and O–H groups in total. The second-order valence-electron chi connectivity index (χ2n) is 6.95. The fourth-order valence-corrected chi connectivity index (χ4v) is 3.81. The summed E-state index contributed by atoms with van der Waals surface area (Å²) in [5.41, 5.74) is 5.75. The van der Waals surface area contributed by atoms with Crippen LogP contribution in [0.2, 0.25) is 0 Å². The molecule has 0 atom stereocenters. The maximum Gasteiger partial charge on any atom is 0.137 e. The molecule has 0 aliphatic rings. The van der Waals surface area contributed by atoms with Crippen molar-refractivity contribution >= 4 is 43.7 Å². The van der Waals surface area contributed by atoms with Crippen LogP contribution in [-0.4, -0.2) is 4.57 Å². The SMILES string of the molecule is CC(C)c1ccc2oc3cc4c(cc3c2c1)c1ccccc1n4C. The quantitative estimate of drug-likeness (QED) is 0.352. The number of hydrogen-bond donors (Lipinski definition) is 0. The molecular weight excluding hydrogens is 294 g/mol. The Balaban J connectivity index is 1.96. The zero-order chi connectivity index (χ0) is 16.4. The molecular formula is C22H19NO. The molecule has 0 saturated heterocycles. The van der Waals surface area contributed by atoms with Gasteiger partial charge in [0, 0.05) is 40.2 Å². The molecule has 24 heavy (non-hydrogen) atoms. The molecule has 3 aromatic carbocycles. The highest BCUT2D eigenvalue weighted by Crippen LogP contribution is 2.37. The highest BCUT2D eigenvalue weighted by atomic mass is 16.3. The lowest BCUT2D eigenvalue weighted by atomic mass is 10.0. The zero-order valence-corrected chi connectivity index (χ0v) is 14.1. The van der Waals surface area contributed by atoms with Crippen LogP contribution in [0.4, 0.5) is 0 Å². The third-order valence-corrected chi connectivity index (χ3v) is 5.20. The molecule has 2 nitrogen and oxygen atoms in total. The molecule has 2 aromatic heterocycles. The van der Waals surface area contributed by atoms with Gasteiger partial charge in [-0.25, -0.2) is 0 Å². The molecule has 5 rings (SSSR count). The topological polar surface area (TPSA) is 18.1 Å². The van der Waals surface area contributed by atoms with E-state index in [1.807, 2.05) is 0 Å². The Kier molecular flexibility index (Phi) is 2.64. The van der Waals surface area contributed by atoms with Gasteiger partial charge in [0.1, 0.15) is 11.2 Å². The Morgan fingerprint density at radius 3 is 2.38 bits per heavy atom. The van der Waals surface area contributed by atoms with Gasteiger partial charge in [0.05, 0.1) is 5.52 Å². The molecule has 0 bridgehead atoms. The van der Waals surface area contributed by atoms with Gasteiger partial charge < -0.3 is 8.98 Å². The van der Waals surface area contributed by atoms with Gasteiger partial charge in [-0.2, -0.15) is 0 Å². The van der Waals surface area contributed by atoms with E-state index in [1.54, 1.807) is 0 Å². The zero-order valence-electron chi connectivity index (χ0n) is 14.1. The van der Waals surface area contributed by atoms with Crippen LogP contribution >= 0.6 is 0 Å². The Labute approximate surface area is 140 Å². The maximum atomic E-state index is 6.13. The minimum atomic E-state index is 0.514. The molecule has 2 heteroatoms. The van der Waals surface area contributed by atoms with E-state index in [1.165, 1.54) is 38.1 Å². The van der Waals surface area contributed by atoms with Gasteiger partial charge in [0.2, 0.25) is 0 Å². The minimum Gasteiger partial charge on any atom is -0.456 e. The summed E-state index contributed by atoms with van der Waals surface area (Å²) < 4.78 is 8.38. The summed E-state index contributed by atoms with van der Waals surface area (Å²) in [6.07, 6.45) is 0. The molecule has 0 unspecified atom stereocenters. The Bertz CT molecular complexity index is 1240. The highest BCUT2D eigenvalue weighted by Gasteiger charge is 2.14. The van der Waals surface area contributed by atoms with E-state index >= 15 is 0 Å². The number of aromatic nitrogens is 1. The average molecular weight is 313 g/mol. The van der Waals surface area contributed by atoms with Crippen LogP contribution in [-0.2, 0) is 7.05 Å². The van der Waals surface area contributed by atoms with Crippen molar-refractivity contribution < 1.29 is 4.42 Å². The third kappa shape index (κ3) is 1.71. The lowest BCUT2D eigenvalue weighted by Gasteiger charge is -2.04. The Morgan fingerprint density at radius 1 is 0.750 bits per heavy atom. The van der Waals surface area contributed by atoms with Gasteiger partial charge in [0.25, 0.3) is 0 Å². The molecule has 0 radical (unpaired) electrons. The molecule has 5 aromatic rings. The van der Waals surface area contributed by atoms with Crippen molar-refractivity contribution in [3.05, 3.63) is 60.2 Å². The number of fused-ring (bicyclic) bond motifs is 6. The van der Waals surface area contributed by atoms with Gasteiger partial charge in [0.15, 0.2) is 0 Å². The van der Waals surface area contributed by atoms with Crippen molar-refractivity contribution in [3.8, 4) is 0 Å². The van der Waals surface area contributed by atoms with E-state index in [-0.39, 0.29) is 0 Å². The van der Waals surface area contributed by atoms with Crippen LogP contribution in [0.5, 0.6) is 0 Å². The summed E-state index contributed by atoms with van der Waals surface area (Å²) in [4.78, 5) is 0. The predicted octanol–water partition coefficient (Wildman–Crippen LogP) is 6.35. The highest BCUT2D eigenvalue weighted by molar-refractivity contribution is 6.16. The first-order chi connectivity index (χ1) is 11.6. The Hall–Kier alpha value is -2.74. The summed E-state index contributed by atoms with van der Waals surface area (Å²) in [6, 6.07) is 19.6. The summed E-state index contributed by atoms with van der Waals surface area (Å²) in [5, 5.41) is 5.01. The number of furan rings is 1. The third-order valence-electron chi connectivity index (χ3n) is 5.20. The van der Waals surface area contributed by atoms with Gasteiger partial charge in [-0.05, 0) is 35.7 Å². The van der Waals surface area contributed by atoms with Crippen molar-refractivity contribution in [2.45, 2.75) is 19.8 Å². The molecule has 118 valence electrons. The lowest BCUT2D eigenvalue weighted by Crippen LogP contribution is -1.86. The summed E-state index contributed by atoms with van der Waals surface area (Å²) in [7, 11) is 2.12. The van der Waals surface area contributed by atoms with Crippen molar-refractivity contribution in [1.82, 2.24) is 4.57 Å². The maximum absolute atomic E-state index is 6.13. The number of nitrogens with zero attached hydrogens (tertiary/aromatic N) is 1. The predicted molar refractivity (Wildman–Crippen MR) is 102 cm³/mol. The van der Waals surface area contributed by atoms with E-state index in [0.717, 1.165) is 11.2 Å². The van der Waals surface area contributed by atoms with Gasteiger partial charge in [-0.1, -0.05) is 38.1 Å². The van der Waals surface area contributed by atoms with Gasteiger partial charge in [-0.15, -0.1) is 0 Å². The summed E-state index contributed by atoms with van der Waals surface area (Å²) in [5.74, 6) is 0.514. The van der Waals surface area contributed by atoms with Crippen molar-refractivity contribution in [2.75, 3.05) is 0 Å². The first-order valence-electron chi connectivity index (χ1n) is 8.47. The minimum absolute atomic E-state index is 0.514. The number of rotatable bonds is 1. The second kappa shape index (κ2) is 4.64. The first-order valence-corrected chi connectivity index (χ1v) is 8.47. The lowest BCUT2D eigenvalue weighted by molar-refractivity contribution is 0.669. The molecule has 0 aliphatic carbocycles. The van der Waals surface area contributed by atoms with Crippen molar-refractivity contribution in [2.24, 2.45) is 7.05 Å². The van der Waals surface area contributed by atoms with Gasteiger partial charge in [-0.3, -0.25) is 0 Å². The number of aryl methyl sites for hydroxylation is 1. The van der Waals surface area contributed by atoms with Crippen LogP contribution in [0.25, 0.3) is 43.7 Å². The van der Waals surface area contributed by atoms with Crippen LogP contribution in [0.15, 0.2) is 59.0 Å². The number of benzene rings is 3. The van der Waals surface area contributed by atoms with Crippen LogP contribution in [0, 0.1) is 0 Å². The molecule has 2 heterocycles. The standard InChI is InChI=1S/C22H19NO/c1-13(2)14-8-9-21-17(10-14)18-11-16-15-6-4-5-7-19(15)23(3)20(16)12-22(18)24-21/h4-13H,1-3H3. The van der Waals surface area contributed by atoms with E-state index < -0.39 is 0 Å². The fraction of sp³-hybridized carbons (Fsp3) is 0.182. The smallest absolute Gasteiger partial charge is 0.137 e. The van der Waals surface area contributed by atoms with E-state index in [2.05, 4.69) is 80.1 Å². The van der Waals surface area contributed by atoms with Crippen LogP contribution < -0.4 is 0 Å². The molecule has 0 saturated carbocycles. The molecule has 0 fully saturated rings. The normalized spacial score (nSPS) is 12.3. The first kappa shape index (κ1) is 13.7. The summed E-state index contributed by atoms with van der Waals surface area (Å²) in [6.45, 7) is 4.46. The summed E-state index contributed by atoms with van der Waals surface area (Å²) >= 11 is 0. The second-order valence-corrected chi connectivity index (χ2v) is 6.95. The monoisotopic (exact) mass is 313 g/mol. The van der Waals surface area contributed by atoms with Crippen molar-refractivity contribution in [3.63, 3.8) is 0 Å². The van der Waals surface area contributed by atoms with Gasteiger partial charge >= 0.3 is 0 Å². The molecule has 0 amide bonds. The Morgan fingerprint density at radius 2 is 1.54 bits per heavy atom. The van der Waals surface area contributed by atoms with E-state index in [9.17, 15) is 0 Å². The van der Waals surface area contributed by atoms with E-state index in [0.29, 0.717) is 5.92 Å². The largest absolute Gasteiger partial charge is 0.456 e. The van der Waals surface area contributed by atoms with Crippen molar-refractivity contribution in [1.29, 1.82) is 0 Å². The van der Waals surface area contributed by atoms with Crippen LogP contribution in [0.1, 0.15) is 25.3 Å². The average Bonchev–Trinajstić information content (AvgIpc) is 3.09. The molecule has 0 aliphatic heterocycles. The molecule has 0 spiro atoms. The fourth-order valence-electron chi connectivity index (χ4n) is 3.81. The number of hydrogen-bond acceptors (Lipinski definition) is 1. The van der Waals surface area contributed by atoms with E-state index in [4.69, 9.17) is 4.42 Å². The van der Waals surface area contributed by atoms with Crippen LogP contribution in [0.3, 0.4) is 0 Å². The number of para-hydroxylation sites is 1.